The average molecular weight is 388 g/mol. The standard InChI is InChI=1S/C16H10F2N6O2S/c1-8-13(21-23-24(8)11-7-9(17)4-5-10(11)18)14-19-16(27-22-14)20-15(25)12-3-2-6-26-12/h2-7H,1H3,(H,19,20,22,25). The molecular formula is C16H10F2N6O2S. The van der Waals surface area contributed by atoms with Gasteiger partial charge in [0.15, 0.2) is 17.3 Å². The summed E-state index contributed by atoms with van der Waals surface area (Å²) in [6, 6.07) is 6.15. The Balaban J connectivity index is 1.62. The zero-order valence-corrected chi connectivity index (χ0v) is 14.5. The molecule has 136 valence electrons. The Kier molecular flexibility index (Phi) is 4.20. The van der Waals surface area contributed by atoms with Gasteiger partial charge >= 0.3 is 0 Å². The van der Waals surface area contributed by atoms with Crippen molar-refractivity contribution in [3.8, 4) is 17.2 Å². The molecule has 0 atom stereocenters. The zero-order valence-electron chi connectivity index (χ0n) is 13.7. The quantitative estimate of drug-likeness (QED) is 0.576. The first-order valence-corrected chi connectivity index (χ1v) is 8.37. The molecule has 1 aromatic carbocycles. The van der Waals surface area contributed by atoms with E-state index in [1.54, 1.807) is 13.0 Å². The summed E-state index contributed by atoms with van der Waals surface area (Å²) >= 11 is 0.944. The van der Waals surface area contributed by atoms with Gasteiger partial charge in [-0.3, -0.25) is 10.1 Å². The van der Waals surface area contributed by atoms with Crippen LogP contribution < -0.4 is 5.32 Å². The van der Waals surface area contributed by atoms with Crippen LogP contribution in [0.1, 0.15) is 16.2 Å². The fourth-order valence-electron chi connectivity index (χ4n) is 2.35. The molecule has 0 aliphatic heterocycles. The number of benzene rings is 1. The number of nitrogens with zero attached hydrogens (tertiary/aromatic N) is 5. The second-order valence-electron chi connectivity index (χ2n) is 5.39. The van der Waals surface area contributed by atoms with Crippen LogP contribution in [-0.4, -0.2) is 30.3 Å². The van der Waals surface area contributed by atoms with E-state index in [0.29, 0.717) is 5.69 Å². The first kappa shape index (κ1) is 17.0. The third-order valence-electron chi connectivity index (χ3n) is 3.63. The number of hydrogen-bond acceptors (Lipinski definition) is 7. The van der Waals surface area contributed by atoms with Crippen LogP contribution >= 0.6 is 11.5 Å². The number of amides is 1. The number of furan rings is 1. The number of hydrogen-bond donors (Lipinski definition) is 1. The van der Waals surface area contributed by atoms with Gasteiger partial charge in [-0.15, -0.1) is 5.10 Å². The molecule has 0 saturated heterocycles. The van der Waals surface area contributed by atoms with Crippen molar-refractivity contribution >= 4 is 22.6 Å². The highest BCUT2D eigenvalue weighted by Gasteiger charge is 2.20. The first-order chi connectivity index (χ1) is 13.0. The van der Waals surface area contributed by atoms with Gasteiger partial charge in [-0.2, -0.15) is 9.36 Å². The van der Waals surface area contributed by atoms with Crippen molar-refractivity contribution < 1.29 is 18.0 Å². The Morgan fingerprint density at radius 3 is 2.93 bits per heavy atom. The Labute approximate surface area is 154 Å². The highest BCUT2D eigenvalue weighted by Crippen LogP contribution is 2.25. The molecular weight excluding hydrogens is 378 g/mol. The molecule has 0 saturated carbocycles. The van der Waals surface area contributed by atoms with E-state index in [4.69, 9.17) is 4.42 Å². The maximum absolute atomic E-state index is 14.0. The van der Waals surface area contributed by atoms with Gasteiger partial charge in [-0.05, 0) is 31.2 Å². The van der Waals surface area contributed by atoms with E-state index in [9.17, 15) is 13.6 Å². The minimum absolute atomic E-state index is 0.0761. The van der Waals surface area contributed by atoms with Crippen molar-refractivity contribution in [1.82, 2.24) is 24.4 Å². The van der Waals surface area contributed by atoms with Gasteiger partial charge in [0.1, 0.15) is 17.3 Å². The molecule has 4 rings (SSSR count). The topological polar surface area (TPSA) is 98.7 Å². The summed E-state index contributed by atoms with van der Waals surface area (Å²) in [7, 11) is 0. The smallest absolute Gasteiger partial charge is 0.293 e. The molecule has 8 nitrogen and oxygen atoms in total. The highest BCUT2D eigenvalue weighted by atomic mass is 32.1. The largest absolute Gasteiger partial charge is 0.459 e. The van der Waals surface area contributed by atoms with Crippen LogP contribution in [0, 0.1) is 18.6 Å². The van der Waals surface area contributed by atoms with Crippen LogP contribution in [0.5, 0.6) is 0 Å². The number of nitrogens with one attached hydrogen (secondary N) is 1. The minimum atomic E-state index is -0.645. The summed E-state index contributed by atoms with van der Waals surface area (Å²) in [4.78, 5) is 16.2. The second-order valence-corrected chi connectivity index (χ2v) is 6.14. The molecule has 1 N–H and O–H groups in total. The van der Waals surface area contributed by atoms with Crippen LogP contribution in [0.3, 0.4) is 0 Å². The molecule has 4 aromatic rings. The molecule has 11 heteroatoms. The molecule has 0 aliphatic carbocycles. The van der Waals surface area contributed by atoms with Crippen molar-refractivity contribution in [3.05, 3.63) is 59.7 Å². The molecule has 1 amide bonds. The fourth-order valence-corrected chi connectivity index (χ4v) is 2.92. The van der Waals surface area contributed by atoms with Crippen molar-refractivity contribution in [2.45, 2.75) is 6.92 Å². The van der Waals surface area contributed by atoms with Gasteiger partial charge in [-0.1, -0.05) is 5.21 Å². The lowest BCUT2D eigenvalue weighted by atomic mass is 10.2. The fraction of sp³-hybridized carbons (Fsp3) is 0.0625. The Hall–Kier alpha value is -3.47. The molecule has 0 aliphatic rings. The average Bonchev–Trinajstić information content (AvgIpc) is 3.38. The SMILES string of the molecule is Cc1c(-c2nsc(NC(=O)c3ccco3)n2)nnn1-c1cc(F)ccc1F. The van der Waals surface area contributed by atoms with Crippen molar-refractivity contribution in [1.29, 1.82) is 0 Å². The van der Waals surface area contributed by atoms with Gasteiger partial charge in [0.25, 0.3) is 5.91 Å². The van der Waals surface area contributed by atoms with Crippen molar-refractivity contribution in [2.75, 3.05) is 5.32 Å². The number of carbonyl (C=O) groups is 1. The first-order valence-electron chi connectivity index (χ1n) is 7.59. The lowest BCUT2D eigenvalue weighted by molar-refractivity contribution is 0.0996. The lowest BCUT2D eigenvalue weighted by Gasteiger charge is -2.04. The summed E-state index contributed by atoms with van der Waals surface area (Å²) in [5.41, 5.74) is 0.627. The monoisotopic (exact) mass is 388 g/mol. The Morgan fingerprint density at radius 1 is 1.30 bits per heavy atom. The maximum Gasteiger partial charge on any atom is 0.293 e. The summed E-state index contributed by atoms with van der Waals surface area (Å²) in [5.74, 6) is -1.37. The minimum Gasteiger partial charge on any atom is -0.459 e. The van der Waals surface area contributed by atoms with Crippen LogP contribution in [-0.2, 0) is 0 Å². The lowest BCUT2D eigenvalue weighted by Crippen LogP contribution is -2.10. The van der Waals surface area contributed by atoms with E-state index in [-0.39, 0.29) is 28.1 Å². The van der Waals surface area contributed by atoms with E-state index in [0.717, 1.165) is 34.4 Å². The summed E-state index contributed by atoms with van der Waals surface area (Å²) < 4.78 is 37.7. The van der Waals surface area contributed by atoms with Gasteiger partial charge in [0.2, 0.25) is 5.13 Å². The summed E-state index contributed by atoms with van der Waals surface area (Å²) in [6.07, 6.45) is 1.38. The van der Waals surface area contributed by atoms with Crippen LogP contribution in [0.4, 0.5) is 13.9 Å². The molecule has 27 heavy (non-hydrogen) atoms. The molecule has 3 aromatic heterocycles. The van der Waals surface area contributed by atoms with E-state index in [1.807, 2.05) is 0 Å². The van der Waals surface area contributed by atoms with E-state index >= 15 is 0 Å². The van der Waals surface area contributed by atoms with Gasteiger partial charge < -0.3 is 4.42 Å². The molecule has 0 radical (unpaired) electrons. The number of carbonyl (C=O) groups excluding carboxylic acids is 1. The third kappa shape index (κ3) is 3.19. The number of halogens is 2. The highest BCUT2D eigenvalue weighted by molar-refractivity contribution is 7.10. The predicted molar refractivity (Wildman–Crippen MR) is 91.6 cm³/mol. The summed E-state index contributed by atoms with van der Waals surface area (Å²) in [6.45, 7) is 1.63. The molecule has 3 heterocycles. The molecule has 0 spiro atoms. The van der Waals surface area contributed by atoms with Crippen LogP contribution in [0.25, 0.3) is 17.2 Å². The van der Waals surface area contributed by atoms with Crippen LogP contribution in [0.2, 0.25) is 0 Å². The molecule has 0 fully saturated rings. The van der Waals surface area contributed by atoms with Gasteiger partial charge in [-0.25, -0.2) is 13.5 Å². The number of anilines is 1. The van der Waals surface area contributed by atoms with Crippen molar-refractivity contribution in [2.24, 2.45) is 0 Å². The number of rotatable bonds is 4. The molecule has 0 bridgehead atoms. The predicted octanol–water partition coefficient (Wildman–Crippen LogP) is 3.22. The normalized spacial score (nSPS) is 10.9. The van der Waals surface area contributed by atoms with Gasteiger partial charge in [0.05, 0.1) is 12.0 Å². The second kappa shape index (κ2) is 6.68. The van der Waals surface area contributed by atoms with E-state index in [1.165, 1.54) is 12.3 Å². The zero-order chi connectivity index (χ0) is 19.0. The van der Waals surface area contributed by atoms with Gasteiger partial charge in [0, 0.05) is 17.6 Å². The Bertz CT molecular complexity index is 1120. The van der Waals surface area contributed by atoms with Crippen molar-refractivity contribution in [3.63, 3.8) is 0 Å². The number of aromatic nitrogens is 5. The Morgan fingerprint density at radius 2 is 2.15 bits per heavy atom. The van der Waals surface area contributed by atoms with E-state index < -0.39 is 17.5 Å². The maximum atomic E-state index is 14.0. The van der Waals surface area contributed by atoms with Crippen LogP contribution in [0.15, 0.2) is 41.0 Å². The van der Waals surface area contributed by atoms with E-state index in [2.05, 4.69) is 25.0 Å². The third-order valence-corrected chi connectivity index (χ3v) is 4.26. The summed E-state index contributed by atoms with van der Waals surface area (Å²) in [5, 5.41) is 10.6. The molecule has 0 unspecified atom stereocenters.